The molecule has 0 radical (unpaired) electrons. The maximum atomic E-state index is 14.4. The van der Waals surface area contributed by atoms with Gasteiger partial charge in [0.05, 0.1) is 12.1 Å². The molecule has 3 rings (SSSR count). The summed E-state index contributed by atoms with van der Waals surface area (Å²) in [5, 5.41) is 9.47. The van der Waals surface area contributed by atoms with Crippen molar-refractivity contribution in [1.29, 1.82) is 0 Å². The maximum absolute atomic E-state index is 14.4. The number of benzene rings is 2. The number of carbonyl (C=O) groups excluding carboxylic acids is 3. The first kappa shape index (κ1) is 43.6. The number of carbonyl (C=O) groups is 3. The predicted molar refractivity (Wildman–Crippen MR) is 219 cm³/mol. The number of hydrogen-bond acceptors (Lipinski definition) is 5. The fourth-order valence-corrected chi connectivity index (χ4v) is 8.35. The van der Waals surface area contributed by atoms with Crippen molar-refractivity contribution in [2.75, 3.05) is 19.3 Å². The average Bonchev–Trinajstić information content (AvgIpc) is 3.58. The van der Waals surface area contributed by atoms with E-state index >= 15 is 0 Å². The number of thioether (sulfide) groups is 1. The molecule has 1 aliphatic rings. The van der Waals surface area contributed by atoms with E-state index in [1.54, 1.807) is 18.9 Å². The molecule has 7 nitrogen and oxygen atoms in total. The molecule has 8 heteroatoms. The van der Waals surface area contributed by atoms with Gasteiger partial charge in [-0.1, -0.05) is 172 Å². The summed E-state index contributed by atoms with van der Waals surface area (Å²) < 4.78 is 0. The van der Waals surface area contributed by atoms with Gasteiger partial charge in [0.15, 0.2) is 0 Å². The van der Waals surface area contributed by atoms with Gasteiger partial charge in [0, 0.05) is 11.8 Å². The lowest BCUT2D eigenvalue weighted by molar-refractivity contribution is -0.144. The third-order valence-electron chi connectivity index (χ3n) is 10.5. The molecule has 1 fully saturated rings. The first-order valence-corrected chi connectivity index (χ1v) is 21.4. The van der Waals surface area contributed by atoms with Crippen LogP contribution < -0.4 is 16.0 Å². The number of likely N-dealkylation sites (N-methyl/N-ethyl adjacent to an activating group) is 1. The van der Waals surface area contributed by atoms with Gasteiger partial charge in [0.1, 0.15) is 12.1 Å². The zero-order chi connectivity index (χ0) is 37.8. The molecule has 0 spiro atoms. The van der Waals surface area contributed by atoms with E-state index < -0.39 is 23.5 Å². The molecule has 1 aliphatic heterocycles. The zero-order valence-electron chi connectivity index (χ0n) is 33.3. The van der Waals surface area contributed by atoms with Gasteiger partial charge >= 0.3 is 0 Å². The monoisotopic (exact) mass is 735 g/mol. The summed E-state index contributed by atoms with van der Waals surface area (Å²) in [6.07, 6.45) is 19.3. The molecule has 0 saturated carbocycles. The molecule has 0 aromatic heterocycles. The van der Waals surface area contributed by atoms with Crippen LogP contribution in [0.3, 0.4) is 0 Å². The number of likely N-dealkylation sites (tertiary alicyclic amines) is 1. The Morgan fingerprint density at radius 3 is 1.69 bits per heavy atom. The number of rotatable bonds is 24. The first-order chi connectivity index (χ1) is 25.1. The summed E-state index contributed by atoms with van der Waals surface area (Å²) in [5.74, 6) is 0.440. The highest BCUT2D eigenvalue weighted by atomic mass is 32.2. The van der Waals surface area contributed by atoms with Crippen LogP contribution in [0.25, 0.3) is 0 Å². The normalized spacial score (nSPS) is 17.2. The van der Waals surface area contributed by atoms with E-state index in [1.165, 1.54) is 83.5 Å². The Kier molecular flexibility index (Phi) is 19.9. The van der Waals surface area contributed by atoms with E-state index in [4.69, 9.17) is 0 Å². The molecule has 0 aliphatic carbocycles. The van der Waals surface area contributed by atoms with Crippen LogP contribution in [-0.2, 0) is 14.4 Å². The molecular weight excluding hydrogens is 665 g/mol. The van der Waals surface area contributed by atoms with E-state index in [1.807, 2.05) is 93.2 Å². The van der Waals surface area contributed by atoms with Gasteiger partial charge < -0.3 is 20.9 Å². The Labute approximate surface area is 320 Å². The fraction of sp³-hybridized carbons (Fsp3) is 0.659. The molecule has 1 heterocycles. The molecule has 0 bridgehead atoms. The molecule has 3 N–H and O–H groups in total. The third kappa shape index (κ3) is 14.9. The lowest BCUT2D eigenvalue weighted by Gasteiger charge is -2.36. The summed E-state index contributed by atoms with van der Waals surface area (Å²) in [7, 11) is 1.73. The molecule has 3 amide bonds. The molecule has 4 atom stereocenters. The number of nitrogens with one attached hydrogen (secondary N) is 3. The highest BCUT2D eigenvalue weighted by molar-refractivity contribution is 7.99. The lowest BCUT2D eigenvalue weighted by Crippen LogP contribution is -2.59. The Morgan fingerprint density at radius 1 is 0.750 bits per heavy atom. The van der Waals surface area contributed by atoms with Crippen molar-refractivity contribution in [3.05, 3.63) is 71.8 Å². The van der Waals surface area contributed by atoms with Crippen molar-refractivity contribution in [3.8, 4) is 0 Å². The molecule has 2 aromatic carbocycles. The van der Waals surface area contributed by atoms with E-state index in [0.717, 1.165) is 23.3 Å². The molecule has 52 heavy (non-hydrogen) atoms. The second-order valence-electron chi connectivity index (χ2n) is 15.9. The van der Waals surface area contributed by atoms with Crippen molar-refractivity contribution < 1.29 is 14.4 Å². The van der Waals surface area contributed by atoms with Crippen LogP contribution in [0.2, 0.25) is 0 Å². The van der Waals surface area contributed by atoms with Gasteiger partial charge in [0.25, 0.3) is 0 Å². The van der Waals surface area contributed by atoms with E-state index in [9.17, 15) is 14.4 Å². The Balaban J connectivity index is 1.61. The number of hydrogen-bond donors (Lipinski definition) is 3. The van der Waals surface area contributed by atoms with Crippen LogP contribution in [-0.4, -0.2) is 65.3 Å². The quantitative estimate of drug-likeness (QED) is 0.0937. The van der Waals surface area contributed by atoms with Crippen LogP contribution in [0.4, 0.5) is 0 Å². The smallest absolute Gasteiger partial charge is 0.246 e. The Morgan fingerprint density at radius 2 is 1.23 bits per heavy atom. The molecular formula is C44H70N4O3S. The van der Waals surface area contributed by atoms with Crippen LogP contribution in [0.5, 0.6) is 0 Å². The molecule has 2 aromatic rings. The Hall–Kier alpha value is -2.84. The van der Waals surface area contributed by atoms with Crippen LogP contribution >= 0.6 is 11.8 Å². The van der Waals surface area contributed by atoms with Gasteiger partial charge in [0.2, 0.25) is 17.7 Å². The van der Waals surface area contributed by atoms with E-state index in [0.29, 0.717) is 13.0 Å². The van der Waals surface area contributed by atoms with Gasteiger partial charge in [-0.05, 0) is 49.1 Å². The molecule has 290 valence electrons. The largest absolute Gasteiger partial charge is 0.343 e. The average molecular weight is 735 g/mol. The lowest BCUT2D eigenvalue weighted by atomic mass is 9.85. The second-order valence-corrected chi connectivity index (χ2v) is 17.3. The highest BCUT2D eigenvalue weighted by Gasteiger charge is 2.45. The summed E-state index contributed by atoms with van der Waals surface area (Å²) in [5.41, 5.74) is 1.43. The summed E-state index contributed by atoms with van der Waals surface area (Å²) >= 11 is 1.89. The predicted octanol–water partition coefficient (Wildman–Crippen LogP) is 9.22. The van der Waals surface area contributed by atoms with Crippen LogP contribution in [0.15, 0.2) is 60.7 Å². The summed E-state index contributed by atoms with van der Waals surface area (Å²) in [4.78, 5) is 43.5. The minimum absolute atomic E-state index is 0.154. The van der Waals surface area contributed by atoms with Crippen molar-refractivity contribution in [2.24, 2.45) is 5.41 Å². The second kappa shape index (κ2) is 23.7. The maximum Gasteiger partial charge on any atom is 0.246 e. The van der Waals surface area contributed by atoms with Gasteiger partial charge in [-0.2, -0.15) is 11.8 Å². The third-order valence-corrected chi connectivity index (χ3v) is 11.8. The highest BCUT2D eigenvalue weighted by Crippen LogP contribution is 2.33. The number of nitrogens with zero attached hydrogens (tertiary/aromatic N) is 1. The van der Waals surface area contributed by atoms with Gasteiger partial charge in [-0.25, -0.2) is 0 Å². The SMILES string of the molecule is CCCCCCCCCCCCCCCCS[C@H]1C[C@@H](C(=O)NC(c2ccccc2)c2ccccc2)N(C(=O)[C@@H](NC(=O)[C@H](C)NC)C(C)(C)C)C1. The van der Waals surface area contributed by atoms with E-state index in [-0.39, 0.29) is 29.0 Å². The molecule has 1 saturated heterocycles. The molecule has 0 unspecified atom stereocenters. The topological polar surface area (TPSA) is 90.5 Å². The summed E-state index contributed by atoms with van der Waals surface area (Å²) in [6, 6.07) is 17.8. The van der Waals surface area contributed by atoms with Crippen molar-refractivity contribution in [2.45, 2.75) is 160 Å². The fourth-order valence-electron chi connectivity index (χ4n) is 7.06. The van der Waals surface area contributed by atoms with Crippen molar-refractivity contribution in [3.63, 3.8) is 0 Å². The van der Waals surface area contributed by atoms with Crippen LogP contribution in [0.1, 0.15) is 148 Å². The first-order valence-electron chi connectivity index (χ1n) is 20.4. The summed E-state index contributed by atoms with van der Waals surface area (Å²) in [6.45, 7) is 10.4. The van der Waals surface area contributed by atoms with Crippen molar-refractivity contribution >= 4 is 29.5 Å². The minimum atomic E-state index is -0.764. The van der Waals surface area contributed by atoms with Gasteiger partial charge in [-0.15, -0.1) is 0 Å². The zero-order valence-corrected chi connectivity index (χ0v) is 34.1. The number of unbranched alkanes of at least 4 members (excludes halogenated alkanes) is 13. The van der Waals surface area contributed by atoms with Crippen LogP contribution in [0, 0.1) is 5.41 Å². The Bertz CT molecular complexity index is 1260. The standard InChI is InChI=1S/C44H70N4O3S/c1-7-8-9-10-11-12-13-14-15-16-17-18-19-26-31-52-37-32-38(48(33-37)43(51)40(44(3,4)5)47-41(49)34(2)45-6)42(50)46-39(35-27-22-20-23-28-35)36-29-24-21-25-30-36/h20-25,27-30,34,37-40,45H,7-19,26,31-33H2,1-6H3,(H,46,50)(H,47,49)/t34-,37-,38-,40+/m0/s1. The van der Waals surface area contributed by atoms with E-state index in [2.05, 4.69) is 22.9 Å². The minimum Gasteiger partial charge on any atom is -0.343 e. The number of amides is 3. The van der Waals surface area contributed by atoms with Crippen molar-refractivity contribution in [1.82, 2.24) is 20.9 Å². The van der Waals surface area contributed by atoms with Gasteiger partial charge in [-0.3, -0.25) is 14.4 Å².